The summed E-state index contributed by atoms with van der Waals surface area (Å²) in [6.45, 7) is 3.70. The molecular formula is C18H19ClN2O2. The maximum Gasteiger partial charge on any atom is 0.244 e. The Morgan fingerprint density at radius 2 is 1.74 bits per heavy atom. The van der Waals surface area contributed by atoms with Crippen LogP contribution in [0.1, 0.15) is 18.1 Å². The number of benzene rings is 2. The van der Waals surface area contributed by atoms with E-state index in [2.05, 4.69) is 5.32 Å². The molecule has 120 valence electrons. The highest BCUT2D eigenvalue weighted by Gasteiger charge is 2.15. The van der Waals surface area contributed by atoms with Gasteiger partial charge in [-0.15, -0.1) is 0 Å². The van der Waals surface area contributed by atoms with Crippen LogP contribution in [0.5, 0.6) is 0 Å². The number of carbonyl (C=O) groups excluding carboxylic acids is 2. The Balaban J connectivity index is 2.01. The molecule has 0 atom stereocenters. The largest absolute Gasteiger partial charge is 0.329 e. The Kier molecular flexibility index (Phi) is 5.77. The second kappa shape index (κ2) is 7.79. The summed E-state index contributed by atoms with van der Waals surface area (Å²) in [4.78, 5) is 25.4. The summed E-state index contributed by atoms with van der Waals surface area (Å²) in [6.07, 6.45) is 0. The van der Waals surface area contributed by atoms with Gasteiger partial charge in [0, 0.05) is 24.2 Å². The average molecular weight is 331 g/mol. The standard InChI is InChI=1S/C18H19ClN2O2/c1-13-7-9-16(10-8-13)20-18(23)12-21(14(2)22)11-15-5-3-4-6-17(15)19/h3-10H,11-12H2,1-2H3,(H,20,23). The van der Waals surface area contributed by atoms with Crippen molar-refractivity contribution in [2.24, 2.45) is 0 Å². The SMILES string of the molecule is CC(=O)N(CC(=O)Nc1ccc(C)cc1)Cc1ccccc1Cl. The van der Waals surface area contributed by atoms with Crippen molar-refractivity contribution in [3.63, 3.8) is 0 Å². The fourth-order valence-corrected chi connectivity index (χ4v) is 2.32. The number of amides is 2. The number of carbonyl (C=O) groups is 2. The van der Waals surface area contributed by atoms with Crippen LogP contribution in [0.4, 0.5) is 5.69 Å². The summed E-state index contributed by atoms with van der Waals surface area (Å²) < 4.78 is 0. The normalized spacial score (nSPS) is 10.2. The van der Waals surface area contributed by atoms with Gasteiger partial charge in [0.05, 0.1) is 0 Å². The van der Waals surface area contributed by atoms with Crippen molar-refractivity contribution in [1.29, 1.82) is 0 Å². The number of nitrogens with zero attached hydrogens (tertiary/aromatic N) is 1. The van der Waals surface area contributed by atoms with Crippen molar-refractivity contribution in [3.8, 4) is 0 Å². The Labute approximate surface area is 141 Å². The minimum Gasteiger partial charge on any atom is -0.329 e. The average Bonchev–Trinajstić information content (AvgIpc) is 2.51. The van der Waals surface area contributed by atoms with E-state index < -0.39 is 0 Å². The van der Waals surface area contributed by atoms with Gasteiger partial charge in [-0.1, -0.05) is 47.5 Å². The van der Waals surface area contributed by atoms with Gasteiger partial charge in [0.2, 0.25) is 11.8 Å². The second-order valence-corrected chi connectivity index (χ2v) is 5.79. The molecule has 0 saturated heterocycles. The van der Waals surface area contributed by atoms with Gasteiger partial charge in [0.1, 0.15) is 6.54 Å². The summed E-state index contributed by atoms with van der Waals surface area (Å²) in [5, 5.41) is 3.37. The lowest BCUT2D eigenvalue weighted by Crippen LogP contribution is -2.36. The topological polar surface area (TPSA) is 49.4 Å². The van der Waals surface area contributed by atoms with Crippen molar-refractivity contribution >= 4 is 29.1 Å². The molecule has 0 unspecified atom stereocenters. The minimum absolute atomic E-state index is 0.0194. The summed E-state index contributed by atoms with van der Waals surface area (Å²) >= 11 is 6.12. The van der Waals surface area contributed by atoms with Crippen LogP contribution >= 0.6 is 11.6 Å². The van der Waals surface area contributed by atoms with E-state index in [0.29, 0.717) is 17.3 Å². The van der Waals surface area contributed by atoms with Crippen LogP contribution in [-0.4, -0.2) is 23.3 Å². The van der Waals surface area contributed by atoms with Gasteiger partial charge in [-0.2, -0.15) is 0 Å². The third-order valence-corrected chi connectivity index (χ3v) is 3.80. The van der Waals surface area contributed by atoms with Gasteiger partial charge >= 0.3 is 0 Å². The van der Waals surface area contributed by atoms with Crippen molar-refractivity contribution < 1.29 is 9.59 Å². The van der Waals surface area contributed by atoms with E-state index in [1.165, 1.54) is 11.8 Å². The molecule has 1 N–H and O–H groups in total. The monoisotopic (exact) mass is 330 g/mol. The number of halogens is 1. The van der Waals surface area contributed by atoms with Gasteiger partial charge in [-0.05, 0) is 30.7 Å². The Hall–Kier alpha value is -2.33. The molecule has 0 aliphatic rings. The van der Waals surface area contributed by atoms with E-state index in [1.54, 1.807) is 6.07 Å². The lowest BCUT2D eigenvalue weighted by molar-refractivity contribution is -0.133. The summed E-state index contributed by atoms with van der Waals surface area (Å²) in [5.41, 5.74) is 2.64. The minimum atomic E-state index is -0.240. The van der Waals surface area contributed by atoms with Gasteiger partial charge in [0.15, 0.2) is 0 Å². The molecule has 4 nitrogen and oxygen atoms in total. The van der Waals surface area contributed by atoms with E-state index >= 15 is 0 Å². The van der Waals surface area contributed by atoms with Crippen LogP contribution in [0.15, 0.2) is 48.5 Å². The molecule has 5 heteroatoms. The molecule has 0 bridgehead atoms. The van der Waals surface area contributed by atoms with Gasteiger partial charge in [-0.3, -0.25) is 9.59 Å². The molecule has 0 spiro atoms. The van der Waals surface area contributed by atoms with Crippen LogP contribution in [-0.2, 0) is 16.1 Å². The summed E-state index contributed by atoms with van der Waals surface area (Å²) in [6, 6.07) is 14.8. The zero-order valence-electron chi connectivity index (χ0n) is 13.2. The smallest absolute Gasteiger partial charge is 0.244 e. The quantitative estimate of drug-likeness (QED) is 0.910. The summed E-state index contributed by atoms with van der Waals surface area (Å²) in [7, 11) is 0. The van der Waals surface area contributed by atoms with E-state index in [1.807, 2.05) is 49.4 Å². The molecule has 23 heavy (non-hydrogen) atoms. The van der Waals surface area contributed by atoms with E-state index in [0.717, 1.165) is 11.1 Å². The predicted octanol–water partition coefficient (Wildman–Crippen LogP) is 3.64. The molecule has 0 heterocycles. The zero-order valence-corrected chi connectivity index (χ0v) is 13.9. The highest BCUT2D eigenvalue weighted by atomic mass is 35.5. The molecule has 2 aromatic carbocycles. The number of anilines is 1. The molecule has 0 fully saturated rings. The maximum atomic E-state index is 12.1. The molecule has 0 aliphatic carbocycles. The van der Waals surface area contributed by atoms with Gasteiger partial charge in [0.25, 0.3) is 0 Å². The van der Waals surface area contributed by atoms with Crippen molar-refractivity contribution in [2.75, 3.05) is 11.9 Å². The molecule has 2 aromatic rings. The van der Waals surface area contributed by atoms with Crippen molar-refractivity contribution in [3.05, 3.63) is 64.7 Å². The highest BCUT2D eigenvalue weighted by molar-refractivity contribution is 6.31. The number of rotatable bonds is 5. The third kappa shape index (κ3) is 5.11. The van der Waals surface area contributed by atoms with Crippen LogP contribution in [0.2, 0.25) is 5.02 Å². The molecule has 2 amide bonds. The Bertz CT molecular complexity index is 698. The molecule has 2 rings (SSSR count). The van der Waals surface area contributed by atoms with Crippen molar-refractivity contribution in [2.45, 2.75) is 20.4 Å². The number of hydrogen-bond donors (Lipinski definition) is 1. The molecule has 0 radical (unpaired) electrons. The Morgan fingerprint density at radius 3 is 2.35 bits per heavy atom. The number of nitrogens with one attached hydrogen (secondary N) is 1. The van der Waals surface area contributed by atoms with Crippen molar-refractivity contribution in [1.82, 2.24) is 4.90 Å². The first-order chi connectivity index (χ1) is 11.0. The lowest BCUT2D eigenvalue weighted by atomic mass is 10.2. The van der Waals surface area contributed by atoms with E-state index in [-0.39, 0.29) is 18.4 Å². The Morgan fingerprint density at radius 1 is 1.09 bits per heavy atom. The van der Waals surface area contributed by atoms with Gasteiger partial charge < -0.3 is 10.2 Å². The fraction of sp³-hybridized carbons (Fsp3) is 0.222. The van der Waals surface area contributed by atoms with Crippen LogP contribution in [0.3, 0.4) is 0 Å². The molecule has 0 saturated carbocycles. The van der Waals surface area contributed by atoms with E-state index in [4.69, 9.17) is 11.6 Å². The number of aryl methyl sites for hydroxylation is 1. The van der Waals surface area contributed by atoms with Crippen LogP contribution in [0, 0.1) is 6.92 Å². The van der Waals surface area contributed by atoms with E-state index in [9.17, 15) is 9.59 Å². The first-order valence-corrected chi connectivity index (χ1v) is 7.69. The fourth-order valence-electron chi connectivity index (χ4n) is 2.12. The zero-order chi connectivity index (χ0) is 16.8. The third-order valence-electron chi connectivity index (χ3n) is 3.43. The van der Waals surface area contributed by atoms with Gasteiger partial charge in [-0.25, -0.2) is 0 Å². The lowest BCUT2D eigenvalue weighted by Gasteiger charge is -2.21. The van der Waals surface area contributed by atoms with Crippen LogP contribution < -0.4 is 5.32 Å². The first kappa shape index (κ1) is 17.0. The maximum absolute atomic E-state index is 12.1. The summed E-state index contributed by atoms with van der Waals surface area (Å²) in [5.74, 6) is -0.417. The number of hydrogen-bond acceptors (Lipinski definition) is 2. The molecule has 0 aliphatic heterocycles. The molecular weight excluding hydrogens is 312 g/mol. The molecule has 0 aromatic heterocycles. The first-order valence-electron chi connectivity index (χ1n) is 7.31. The predicted molar refractivity (Wildman–Crippen MR) is 92.4 cm³/mol. The van der Waals surface area contributed by atoms with Crippen LogP contribution in [0.25, 0.3) is 0 Å². The second-order valence-electron chi connectivity index (χ2n) is 5.38. The highest BCUT2D eigenvalue weighted by Crippen LogP contribution is 2.17.